The number of alkyl halides is 3. The summed E-state index contributed by atoms with van der Waals surface area (Å²) in [5, 5.41) is 8.55. The highest BCUT2D eigenvalue weighted by Gasteiger charge is 2.44. The number of fused-ring (bicyclic) bond motifs is 1. The van der Waals surface area contributed by atoms with Crippen molar-refractivity contribution in [2.24, 2.45) is 5.92 Å². The van der Waals surface area contributed by atoms with Crippen LogP contribution in [0.2, 0.25) is 0 Å². The van der Waals surface area contributed by atoms with Crippen LogP contribution < -0.4 is 4.74 Å². The second-order valence-corrected chi connectivity index (χ2v) is 9.35. The average molecular weight is 510 g/mol. The van der Waals surface area contributed by atoms with Crippen molar-refractivity contribution in [1.29, 1.82) is 0 Å². The molecule has 2 fully saturated rings. The third-order valence-electron chi connectivity index (χ3n) is 6.14. The van der Waals surface area contributed by atoms with Gasteiger partial charge >= 0.3 is 6.18 Å². The van der Waals surface area contributed by atoms with E-state index in [2.05, 4.69) is 31.2 Å². The maximum absolute atomic E-state index is 13.5. The maximum Gasteiger partial charge on any atom is 0.404 e. The predicted molar refractivity (Wildman–Crippen MR) is 116 cm³/mol. The lowest BCUT2D eigenvalue weighted by molar-refractivity contribution is -0.192. The molecule has 10 heteroatoms. The van der Waals surface area contributed by atoms with Gasteiger partial charge in [-0.3, -0.25) is 4.90 Å². The molecule has 0 radical (unpaired) electrons. The summed E-state index contributed by atoms with van der Waals surface area (Å²) in [6.45, 7) is 1.38. The SMILES string of the molecule is FC(F)(F)C1CCCCN1Cc1cccnc1Oc1ccc2c(nnn2CC2CC2)c1Br. The van der Waals surface area contributed by atoms with E-state index in [1.165, 1.54) is 17.7 Å². The van der Waals surface area contributed by atoms with Crippen molar-refractivity contribution in [3.63, 3.8) is 0 Å². The van der Waals surface area contributed by atoms with Crippen LogP contribution in [0.3, 0.4) is 0 Å². The van der Waals surface area contributed by atoms with E-state index in [-0.39, 0.29) is 13.0 Å². The molecule has 0 N–H and O–H groups in total. The standard InChI is InChI=1S/C22H23BrF3N5O/c23-19-17(9-8-16-20(19)28-29-31(16)12-14-6-7-14)32-21-15(4-3-10-27-21)13-30-11-2-1-5-18(30)22(24,25)26/h3-4,8-10,14,18H,1-2,5-7,11-13H2. The molecule has 0 bridgehead atoms. The molecule has 2 aliphatic rings. The van der Waals surface area contributed by atoms with Crippen LogP contribution in [-0.2, 0) is 13.1 Å². The molecule has 0 spiro atoms. The quantitative estimate of drug-likeness (QED) is 0.426. The number of benzene rings is 1. The Morgan fingerprint density at radius 3 is 2.75 bits per heavy atom. The second kappa shape index (κ2) is 8.62. The van der Waals surface area contributed by atoms with Gasteiger partial charge in [0.15, 0.2) is 0 Å². The number of hydrogen-bond acceptors (Lipinski definition) is 5. The Bertz CT molecular complexity index is 1110. The molecule has 32 heavy (non-hydrogen) atoms. The summed E-state index contributed by atoms with van der Waals surface area (Å²) in [4.78, 5) is 5.79. The summed E-state index contributed by atoms with van der Waals surface area (Å²) < 4.78 is 49.2. The first-order valence-electron chi connectivity index (χ1n) is 10.8. The van der Waals surface area contributed by atoms with Gasteiger partial charge in [-0.15, -0.1) is 5.10 Å². The van der Waals surface area contributed by atoms with E-state index in [9.17, 15) is 13.2 Å². The highest BCUT2D eigenvalue weighted by atomic mass is 79.9. The molecular weight excluding hydrogens is 487 g/mol. The Morgan fingerprint density at radius 2 is 1.97 bits per heavy atom. The average Bonchev–Trinajstić information content (AvgIpc) is 3.49. The Kier molecular flexibility index (Phi) is 5.83. The van der Waals surface area contributed by atoms with Crippen LogP contribution in [0.15, 0.2) is 34.9 Å². The topological polar surface area (TPSA) is 56.1 Å². The van der Waals surface area contributed by atoms with Gasteiger partial charge in [0.05, 0.1) is 9.99 Å². The molecule has 6 nitrogen and oxygen atoms in total. The molecule has 1 aliphatic heterocycles. The lowest BCUT2D eigenvalue weighted by Crippen LogP contribution is -2.48. The minimum Gasteiger partial charge on any atom is -0.437 e. The molecule has 1 atom stereocenters. The van der Waals surface area contributed by atoms with E-state index in [1.54, 1.807) is 18.3 Å². The van der Waals surface area contributed by atoms with Crippen molar-refractivity contribution >= 4 is 27.0 Å². The Balaban J connectivity index is 1.39. The van der Waals surface area contributed by atoms with Crippen LogP contribution >= 0.6 is 15.9 Å². The van der Waals surface area contributed by atoms with Crippen LogP contribution in [-0.4, -0.2) is 43.6 Å². The number of halogens is 4. The zero-order valence-electron chi connectivity index (χ0n) is 17.4. The summed E-state index contributed by atoms with van der Waals surface area (Å²) >= 11 is 3.57. The monoisotopic (exact) mass is 509 g/mol. The van der Waals surface area contributed by atoms with Crippen molar-refractivity contribution in [2.45, 2.75) is 57.4 Å². The molecule has 2 aromatic heterocycles. The van der Waals surface area contributed by atoms with Crippen LogP contribution in [0.5, 0.6) is 11.6 Å². The summed E-state index contributed by atoms with van der Waals surface area (Å²) in [6.07, 6.45) is 1.24. The highest BCUT2D eigenvalue weighted by molar-refractivity contribution is 9.10. The fraction of sp³-hybridized carbons (Fsp3) is 0.500. The first kappa shape index (κ1) is 21.6. The lowest BCUT2D eigenvalue weighted by atomic mass is 10.0. The van der Waals surface area contributed by atoms with Crippen LogP contribution in [0.4, 0.5) is 13.2 Å². The molecule has 5 rings (SSSR count). The van der Waals surface area contributed by atoms with Crippen LogP contribution in [0.25, 0.3) is 11.0 Å². The van der Waals surface area contributed by atoms with Crippen LogP contribution in [0.1, 0.15) is 37.7 Å². The first-order chi connectivity index (χ1) is 15.4. The van der Waals surface area contributed by atoms with Gasteiger partial charge in [-0.2, -0.15) is 13.2 Å². The van der Waals surface area contributed by atoms with Gasteiger partial charge in [-0.25, -0.2) is 9.67 Å². The highest BCUT2D eigenvalue weighted by Crippen LogP contribution is 2.38. The Hall–Kier alpha value is -2.20. The number of piperidine rings is 1. The van der Waals surface area contributed by atoms with Gasteiger partial charge in [0, 0.05) is 24.8 Å². The third-order valence-corrected chi connectivity index (χ3v) is 6.91. The van der Waals surface area contributed by atoms with Gasteiger partial charge in [0.25, 0.3) is 0 Å². The molecule has 1 saturated carbocycles. The van der Waals surface area contributed by atoms with E-state index in [0.717, 1.165) is 18.5 Å². The lowest BCUT2D eigenvalue weighted by Gasteiger charge is -2.36. The molecule has 1 aliphatic carbocycles. The van der Waals surface area contributed by atoms with Crippen molar-refractivity contribution in [3.8, 4) is 11.6 Å². The number of nitrogens with zero attached hydrogens (tertiary/aromatic N) is 5. The van der Waals surface area contributed by atoms with Crippen molar-refractivity contribution < 1.29 is 17.9 Å². The summed E-state index contributed by atoms with van der Waals surface area (Å²) in [5.41, 5.74) is 2.22. The van der Waals surface area contributed by atoms with Gasteiger partial charge in [0.2, 0.25) is 5.88 Å². The van der Waals surface area contributed by atoms with E-state index in [0.29, 0.717) is 46.1 Å². The largest absolute Gasteiger partial charge is 0.437 e. The van der Waals surface area contributed by atoms with Crippen molar-refractivity contribution in [3.05, 3.63) is 40.5 Å². The number of ether oxygens (including phenoxy) is 1. The van der Waals surface area contributed by atoms with Crippen molar-refractivity contribution in [2.75, 3.05) is 6.54 Å². The number of rotatable bonds is 6. The minimum absolute atomic E-state index is 0.124. The number of aromatic nitrogens is 4. The van der Waals surface area contributed by atoms with Gasteiger partial charge in [-0.1, -0.05) is 17.7 Å². The summed E-state index contributed by atoms with van der Waals surface area (Å²) in [7, 11) is 0. The molecular formula is C22H23BrF3N5O. The fourth-order valence-corrected chi connectivity index (χ4v) is 4.75. The maximum atomic E-state index is 13.5. The molecule has 3 aromatic rings. The predicted octanol–water partition coefficient (Wildman–Crippen LogP) is 5.71. The molecule has 1 aromatic carbocycles. The third kappa shape index (κ3) is 4.47. The van der Waals surface area contributed by atoms with Crippen LogP contribution in [0, 0.1) is 5.92 Å². The van der Waals surface area contributed by atoms with E-state index >= 15 is 0 Å². The Labute approximate surface area is 191 Å². The normalized spacial score (nSPS) is 20.1. The molecule has 0 amide bonds. The van der Waals surface area contributed by atoms with Gasteiger partial charge < -0.3 is 4.74 Å². The van der Waals surface area contributed by atoms with Gasteiger partial charge in [-0.05, 0) is 72.3 Å². The smallest absolute Gasteiger partial charge is 0.404 e. The molecule has 3 heterocycles. The fourth-order valence-electron chi connectivity index (χ4n) is 4.26. The number of pyridine rings is 1. The molecule has 1 saturated heterocycles. The molecule has 170 valence electrons. The first-order valence-corrected chi connectivity index (χ1v) is 11.6. The van der Waals surface area contributed by atoms with E-state index in [1.807, 2.05) is 16.8 Å². The number of likely N-dealkylation sites (tertiary alicyclic amines) is 1. The zero-order chi connectivity index (χ0) is 22.3. The van der Waals surface area contributed by atoms with E-state index < -0.39 is 12.2 Å². The van der Waals surface area contributed by atoms with Gasteiger partial charge in [0.1, 0.15) is 17.3 Å². The summed E-state index contributed by atoms with van der Waals surface area (Å²) in [6, 6.07) is 5.77. The second-order valence-electron chi connectivity index (χ2n) is 8.55. The number of hydrogen-bond donors (Lipinski definition) is 0. The summed E-state index contributed by atoms with van der Waals surface area (Å²) in [5.74, 6) is 1.47. The molecule has 1 unspecified atom stereocenters. The van der Waals surface area contributed by atoms with E-state index in [4.69, 9.17) is 4.74 Å². The minimum atomic E-state index is -4.25. The Morgan fingerprint density at radius 1 is 1.12 bits per heavy atom. The zero-order valence-corrected chi connectivity index (χ0v) is 18.9. The van der Waals surface area contributed by atoms with Crippen molar-refractivity contribution in [1.82, 2.24) is 24.9 Å².